The van der Waals surface area contributed by atoms with E-state index >= 15 is 0 Å². The Labute approximate surface area is 110 Å². The number of rotatable bonds is 3. The summed E-state index contributed by atoms with van der Waals surface area (Å²) in [6.07, 6.45) is 9.11. The van der Waals surface area contributed by atoms with Crippen molar-refractivity contribution in [3.63, 3.8) is 0 Å². The van der Waals surface area contributed by atoms with Crippen LogP contribution in [-0.2, 0) is 4.74 Å². The molecule has 3 rings (SSSR count). The summed E-state index contributed by atoms with van der Waals surface area (Å²) in [5, 5.41) is 11.3. The van der Waals surface area contributed by atoms with Crippen LogP contribution in [0.4, 0.5) is 0 Å². The molecule has 3 heteroatoms. The van der Waals surface area contributed by atoms with Gasteiger partial charge in [-0.05, 0) is 56.8 Å². The van der Waals surface area contributed by atoms with Gasteiger partial charge in [0, 0.05) is 25.2 Å². The molecular formula is C15H27NO2. The summed E-state index contributed by atoms with van der Waals surface area (Å²) in [6.45, 7) is 2.16. The molecule has 0 aromatic rings. The predicted molar refractivity (Wildman–Crippen MR) is 71.2 cm³/mol. The van der Waals surface area contributed by atoms with E-state index in [1.807, 2.05) is 0 Å². The fourth-order valence-corrected chi connectivity index (χ4v) is 4.37. The smallest absolute Gasteiger partial charge is 0.0720 e. The van der Waals surface area contributed by atoms with Gasteiger partial charge in [0.05, 0.1) is 5.60 Å². The zero-order chi connectivity index (χ0) is 12.6. The molecule has 3 nitrogen and oxygen atoms in total. The topological polar surface area (TPSA) is 55.5 Å². The highest BCUT2D eigenvalue weighted by Gasteiger charge is 2.53. The molecule has 2 aliphatic carbocycles. The lowest BCUT2D eigenvalue weighted by molar-refractivity contribution is -0.156. The summed E-state index contributed by atoms with van der Waals surface area (Å²) < 4.78 is 5.48. The maximum absolute atomic E-state index is 11.3. The number of hydrogen-bond acceptors (Lipinski definition) is 3. The summed E-state index contributed by atoms with van der Waals surface area (Å²) in [4.78, 5) is 0. The standard InChI is InChI=1S/C15H27NO2/c16-11-14(6-8-18-9-7-14)15(17)5-1-2-13(10-15)12-3-4-12/h12-13,17H,1-11,16H2. The van der Waals surface area contributed by atoms with E-state index in [1.54, 1.807) is 0 Å². The van der Waals surface area contributed by atoms with Crippen LogP contribution in [-0.4, -0.2) is 30.5 Å². The van der Waals surface area contributed by atoms with Crippen LogP contribution in [0.15, 0.2) is 0 Å². The summed E-state index contributed by atoms with van der Waals surface area (Å²) >= 11 is 0. The van der Waals surface area contributed by atoms with Gasteiger partial charge in [0.15, 0.2) is 0 Å². The third kappa shape index (κ3) is 2.10. The lowest BCUT2D eigenvalue weighted by Gasteiger charge is -2.52. The molecule has 2 unspecified atom stereocenters. The first-order chi connectivity index (χ1) is 8.69. The minimum Gasteiger partial charge on any atom is -0.389 e. The van der Waals surface area contributed by atoms with E-state index in [0.717, 1.165) is 50.7 Å². The van der Waals surface area contributed by atoms with Crippen molar-refractivity contribution in [2.45, 2.75) is 57.0 Å². The van der Waals surface area contributed by atoms with E-state index in [4.69, 9.17) is 10.5 Å². The van der Waals surface area contributed by atoms with Gasteiger partial charge in [0.1, 0.15) is 0 Å². The Morgan fingerprint density at radius 1 is 1.06 bits per heavy atom. The van der Waals surface area contributed by atoms with E-state index < -0.39 is 5.60 Å². The van der Waals surface area contributed by atoms with Crippen molar-refractivity contribution in [1.82, 2.24) is 0 Å². The van der Waals surface area contributed by atoms with Crippen molar-refractivity contribution in [1.29, 1.82) is 0 Å². The molecule has 0 bridgehead atoms. The van der Waals surface area contributed by atoms with Crippen LogP contribution in [0.3, 0.4) is 0 Å². The minimum absolute atomic E-state index is 0.0706. The molecule has 3 fully saturated rings. The summed E-state index contributed by atoms with van der Waals surface area (Å²) in [6, 6.07) is 0. The number of ether oxygens (including phenoxy) is 1. The molecule has 1 saturated heterocycles. The SMILES string of the molecule is NCC1(C2(O)CCCC(C3CC3)C2)CCOCC1. The first kappa shape index (κ1) is 12.9. The van der Waals surface area contributed by atoms with Crippen LogP contribution in [0.1, 0.15) is 51.4 Å². The van der Waals surface area contributed by atoms with Gasteiger partial charge < -0.3 is 15.6 Å². The second-order valence-electron chi connectivity index (χ2n) is 6.82. The van der Waals surface area contributed by atoms with Gasteiger partial charge in [-0.2, -0.15) is 0 Å². The molecule has 2 saturated carbocycles. The molecule has 104 valence electrons. The molecule has 1 aliphatic heterocycles. The molecule has 0 radical (unpaired) electrons. The van der Waals surface area contributed by atoms with Crippen LogP contribution in [0, 0.1) is 17.3 Å². The Morgan fingerprint density at radius 2 is 1.78 bits per heavy atom. The molecule has 0 aromatic heterocycles. The van der Waals surface area contributed by atoms with Gasteiger partial charge in [-0.1, -0.05) is 6.42 Å². The minimum atomic E-state index is -0.517. The Hall–Kier alpha value is -0.120. The van der Waals surface area contributed by atoms with Crippen LogP contribution in [0.25, 0.3) is 0 Å². The Kier molecular flexibility index (Phi) is 3.41. The average molecular weight is 253 g/mol. The fourth-order valence-electron chi connectivity index (χ4n) is 4.37. The van der Waals surface area contributed by atoms with Gasteiger partial charge in [-0.15, -0.1) is 0 Å². The zero-order valence-electron chi connectivity index (χ0n) is 11.4. The van der Waals surface area contributed by atoms with Crippen molar-refractivity contribution in [2.75, 3.05) is 19.8 Å². The monoisotopic (exact) mass is 253 g/mol. The van der Waals surface area contributed by atoms with Gasteiger partial charge in [0.25, 0.3) is 0 Å². The Balaban J connectivity index is 1.77. The Morgan fingerprint density at radius 3 is 2.39 bits per heavy atom. The highest BCUT2D eigenvalue weighted by molar-refractivity contribution is 5.05. The quantitative estimate of drug-likeness (QED) is 0.809. The first-order valence-electron chi connectivity index (χ1n) is 7.69. The van der Waals surface area contributed by atoms with Crippen molar-refractivity contribution in [3.8, 4) is 0 Å². The average Bonchev–Trinajstić information content (AvgIpc) is 3.24. The van der Waals surface area contributed by atoms with Crippen molar-refractivity contribution in [3.05, 3.63) is 0 Å². The molecule has 0 aromatic carbocycles. The number of nitrogens with two attached hydrogens (primary N) is 1. The molecule has 2 atom stereocenters. The first-order valence-corrected chi connectivity index (χ1v) is 7.69. The van der Waals surface area contributed by atoms with E-state index in [2.05, 4.69) is 0 Å². The summed E-state index contributed by atoms with van der Waals surface area (Å²) in [7, 11) is 0. The molecule has 3 aliphatic rings. The summed E-state index contributed by atoms with van der Waals surface area (Å²) in [5.41, 5.74) is 5.49. The van der Waals surface area contributed by atoms with Gasteiger partial charge in [-0.3, -0.25) is 0 Å². The molecule has 3 N–H and O–H groups in total. The maximum atomic E-state index is 11.3. The second-order valence-corrected chi connectivity index (χ2v) is 6.82. The third-order valence-corrected chi connectivity index (χ3v) is 5.88. The fraction of sp³-hybridized carbons (Fsp3) is 1.00. The number of hydrogen-bond donors (Lipinski definition) is 2. The molecule has 0 amide bonds. The molecule has 18 heavy (non-hydrogen) atoms. The van der Waals surface area contributed by atoms with Crippen molar-refractivity contribution in [2.24, 2.45) is 23.0 Å². The van der Waals surface area contributed by atoms with Crippen LogP contribution in [0.5, 0.6) is 0 Å². The zero-order valence-corrected chi connectivity index (χ0v) is 11.4. The van der Waals surface area contributed by atoms with Gasteiger partial charge in [-0.25, -0.2) is 0 Å². The largest absolute Gasteiger partial charge is 0.389 e. The van der Waals surface area contributed by atoms with Crippen molar-refractivity contribution >= 4 is 0 Å². The number of aliphatic hydroxyl groups is 1. The van der Waals surface area contributed by atoms with E-state index in [-0.39, 0.29) is 5.41 Å². The third-order valence-electron chi connectivity index (χ3n) is 5.88. The maximum Gasteiger partial charge on any atom is 0.0720 e. The predicted octanol–water partition coefficient (Wildman–Crippen LogP) is 2.07. The molecular weight excluding hydrogens is 226 g/mol. The van der Waals surface area contributed by atoms with E-state index in [9.17, 15) is 5.11 Å². The lowest BCUT2D eigenvalue weighted by Crippen LogP contribution is -2.57. The second kappa shape index (κ2) is 4.77. The molecule has 0 spiro atoms. The molecule has 1 heterocycles. The van der Waals surface area contributed by atoms with Crippen LogP contribution in [0.2, 0.25) is 0 Å². The van der Waals surface area contributed by atoms with E-state index in [0.29, 0.717) is 6.54 Å². The normalized spacial score (nSPS) is 40.7. The summed E-state index contributed by atoms with van der Waals surface area (Å²) in [5.74, 6) is 1.67. The van der Waals surface area contributed by atoms with Gasteiger partial charge in [0.2, 0.25) is 0 Å². The Bertz CT molecular complexity index is 297. The van der Waals surface area contributed by atoms with Crippen molar-refractivity contribution < 1.29 is 9.84 Å². The van der Waals surface area contributed by atoms with Gasteiger partial charge >= 0.3 is 0 Å². The lowest BCUT2D eigenvalue weighted by atomic mass is 9.59. The van der Waals surface area contributed by atoms with Crippen LogP contribution < -0.4 is 5.73 Å². The highest BCUT2D eigenvalue weighted by Crippen LogP contribution is 2.53. The van der Waals surface area contributed by atoms with E-state index in [1.165, 1.54) is 25.7 Å². The van der Waals surface area contributed by atoms with Crippen LogP contribution >= 0.6 is 0 Å². The highest BCUT2D eigenvalue weighted by atomic mass is 16.5.